The Labute approximate surface area is 173 Å². The predicted octanol–water partition coefficient (Wildman–Crippen LogP) is 2.18. The van der Waals surface area contributed by atoms with Crippen LogP contribution in [0.5, 0.6) is 0 Å². The highest BCUT2D eigenvalue weighted by atomic mass is 19.1. The molecule has 0 saturated carbocycles. The number of hydrogen-bond acceptors (Lipinski definition) is 4. The zero-order valence-electron chi connectivity index (χ0n) is 16.5. The molecule has 0 radical (unpaired) electrons. The molecule has 2 N–H and O–H groups in total. The van der Waals surface area contributed by atoms with Crippen molar-refractivity contribution in [1.29, 1.82) is 0 Å². The van der Waals surface area contributed by atoms with Crippen molar-refractivity contribution >= 4 is 23.4 Å². The first-order valence-electron chi connectivity index (χ1n) is 9.77. The Morgan fingerprint density at radius 2 is 2.03 bits per heavy atom. The van der Waals surface area contributed by atoms with Crippen LogP contribution in [0.1, 0.15) is 23.2 Å². The number of piperidine rings is 1. The van der Waals surface area contributed by atoms with E-state index in [-0.39, 0.29) is 36.2 Å². The Kier molecular flexibility index (Phi) is 5.50. The van der Waals surface area contributed by atoms with E-state index >= 15 is 0 Å². The highest BCUT2D eigenvalue weighted by molar-refractivity contribution is 6.10. The number of halogens is 1. The standard InChI is InChI=1S/C22H22FN3O4/c1-30-12-20(27)24-14-8-9-26-19(11-14)21(28)25-18-7-6-13(10-16(18)22(26)29)15-4-2-3-5-17(15)23/h2-7,10,14,19H,8-9,11-12H2,1H3,(H,24,27)(H,25,28)/t14-,19+/m1/s1. The molecule has 2 aliphatic heterocycles. The van der Waals surface area contributed by atoms with Gasteiger partial charge in [-0.2, -0.15) is 0 Å². The average molecular weight is 411 g/mol. The van der Waals surface area contributed by atoms with Crippen molar-refractivity contribution in [2.45, 2.75) is 24.9 Å². The van der Waals surface area contributed by atoms with Crippen molar-refractivity contribution < 1.29 is 23.5 Å². The van der Waals surface area contributed by atoms with Gasteiger partial charge in [0.1, 0.15) is 18.5 Å². The first kappa shape index (κ1) is 20.0. The third-order valence-electron chi connectivity index (χ3n) is 5.50. The summed E-state index contributed by atoms with van der Waals surface area (Å²) in [6.07, 6.45) is 0.856. The van der Waals surface area contributed by atoms with Gasteiger partial charge in [0, 0.05) is 25.3 Å². The van der Waals surface area contributed by atoms with Gasteiger partial charge < -0.3 is 20.3 Å². The summed E-state index contributed by atoms with van der Waals surface area (Å²) in [7, 11) is 1.44. The quantitative estimate of drug-likeness (QED) is 0.807. The van der Waals surface area contributed by atoms with Crippen LogP contribution in [0.3, 0.4) is 0 Å². The monoisotopic (exact) mass is 411 g/mol. The Morgan fingerprint density at radius 1 is 1.23 bits per heavy atom. The second-order valence-electron chi connectivity index (χ2n) is 7.47. The molecule has 156 valence electrons. The molecule has 1 saturated heterocycles. The molecule has 0 unspecified atom stereocenters. The van der Waals surface area contributed by atoms with E-state index in [1.165, 1.54) is 18.1 Å². The SMILES string of the molecule is COCC(=O)N[C@@H]1CCN2C(=O)c3cc(-c4ccccc4F)ccc3NC(=O)[C@@H]2C1. The van der Waals surface area contributed by atoms with E-state index in [1.807, 2.05) is 0 Å². The Balaban J connectivity index is 1.61. The van der Waals surface area contributed by atoms with Crippen molar-refractivity contribution in [3.63, 3.8) is 0 Å². The lowest BCUT2D eigenvalue weighted by molar-refractivity contribution is -0.127. The zero-order valence-corrected chi connectivity index (χ0v) is 16.5. The van der Waals surface area contributed by atoms with Gasteiger partial charge in [-0.25, -0.2) is 4.39 Å². The summed E-state index contributed by atoms with van der Waals surface area (Å²) >= 11 is 0. The predicted molar refractivity (Wildman–Crippen MR) is 108 cm³/mol. The van der Waals surface area contributed by atoms with Crippen molar-refractivity contribution in [3.8, 4) is 11.1 Å². The number of benzene rings is 2. The van der Waals surface area contributed by atoms with Crippen molar-refractivity contribution in [2.24, 2.45) is 0 Å². The second kappa shape index (κ2) is 8.23. The number of nitrogens with one attached hydrogen (secondary N) is 2. The van der Waals surface area contributed by atoms with Crippen LogP contribution < -0.4 is 10.6 Å². The molecule has 2 heterocycles. The van der Waals surface area contributed by atoms with E-state index in [2.05, 4.69) is 10.6 Å². The van der Waals surface area contributed by atoms with Crippen LogP contribution in [0, 0.1) is 5.82 Å². The fraction of sp³-hybridized carbons (Fsp3) is 0.318. The van der Waals surface area contributed by atoms with E-state index in [0.717, 1.165) is 0 Å². The number of methoxy groups -OCH3 is 1. The van der Waals surface area contributed by atoms with Crippen molar-refractivity contribution in [3.05, 3.63) is 53.8 Å². The van der Waals surface area contributed by atoms with Gasteiger partial charge in [-0.05, 0) is 36.6 Å². The molecular formula is C22H22FN3O4. The number of carbonyl (C=O) groups excluding carboxylic acids is 3. The molecule has 3 amide bonds. The third-order valence-corrected chi connectivity index (χ3v) is 5.50. The van der Waals surface area contributed by atoms with Crippen molar-refractivity contribution in [1.82, 2.24) is 10.2 Å². The molecule has 7 nitrogen and oxygen atoms in total. The summed E-state index contributed by atoms with van der Waals surface area (Å²) in [5.74, 6) is -1.22. The van der Waals surface area contributed by atoms with Gasteiger partial charge in [0.25, 0.3) is 5.91 Å². The lowest BCUT2D eigenvalue weighted by Crippen LogP contribution is -2.55. The molecule has 0 bridgehead atoms. The molecular weight excluding hydrogens is 389 g/mol. The molecule has 2 aromatic carbocycles. The van der Waals surface area contributed by atoms with E-state index in [9.17, 15) is 18.8 Å². The van der Waals surface area contributed by atoms with Gasteiger partial charge in [0.2, 0.25) is 11.8 Å². The maximum atomic E-state index is 14.2. The van der Waals surface area contributed by atoms with Gasteiger partial charge in [0.05, 0.1) is 11.3 Å². The molecule has 2 atom stereocenters. The molecule has 8 heteroatoms. The van der Waals surface area contributed by atoms with Crippen LogP contribution in [-0.4, -0.2) is 55.0 Å². The highest BCUT2D eigenvalue weighted by Crippen LogP contribution is 2.32. The van der Waals surface area contributed by atoms with E-state index < -0.39 is 6.04 Å². The molecule has 0 aliphatic carbocycles. The number of carbonyl (C=O) groups is 3. The van der Waals surface area contributed by atoms with Crippen LogP contribution in [0.2, 0.25) is 0 Å². The topological polar surface area (TPSA) is 87.7 Å². The highest BCUT2D eigenvalue weighted by Gasteiger charge is 2.40. The number of hydrogen-bond donors (Lipinski definition) is 2. The number of ether oxygens (including phenoxy) is 1. The molecule has 1 fully saturated rings. The lowest BCUT2D eigenvalue weighted by atomic mass is 9.95. The van der Waals surface area contributed by atoms with Crippen LogP contribution in [-0.2, 0) is 14.3 Å². The average Bonchev–Trinajstić information content (AvgIpc) is 2.83. The number of fused-ring (bicyclic) bond motifs is 2. The summed E-state index contributed by atoms with van der Waals surface area (Å²) in [5, 5.41) is 5.65. The molecule has 2 aromatic rings. The summed E-state index contributed by atoms with van der Waals surface area (Å²) in [6.45, 7) is 0.276. The minimum atomic E-state index is -0.691. The summed E-state index contributed by atoms with van der Waals surface area (Å²) in [5.41, 5.74) is 1.68. The molecule has 0 aromatic heterocycles. The molecule has 4 rings (SSSR count). The third kappa shape index (κ3) is 3.78. The van der Waals surface area contributed by atoms with E-state index in [0.29, 0.717) is 41.8 Å². The van der Waals surface area contributed by atoms with Gasteiger partial charge in [-0.15, -0.1) is 0 Å². The zero-order chi connectivity index (χ0) is 21.3. The fourth-order valence-electron chi connectivity index (χ4n) is 4.05. The number of amides is 3. The minimum absolute atomic E-state index is 0.0553. The van der Waals surface area contributed by atoms with Gasteiger partial charge in [-0.1, -0.05) is 24.3 Å². The lowest BCUT2D eigenvalue weighted by Gasteiger charge is -2.37. The summed E-state index contributed by atoms with van der Waals surface area (Å²) < 4.78 is 19.0. The fourth-order valence-corrected chi connectivity index (χ4v) is 4.05. The second-order valence-corrected chi connectivity index (χ2v) is 7.47. The Morgan fingerprint density at radius 3 is 2.80 bits per heavy atom. The van der Waals surface area contributed by atoms with Crippen LogP contribution in [0.15, 0.2) is 42.5 Å². The normalized spacial score (nSPS) is 20.7. The van der Waals surface area contributed by atoms with Crippen LogP contribution in [0.25, 0.3) is 11.1 Å². The van der Waals surface area contributed by atoms with Crippen molar-refractivity contribution in [2.75, 3.05) is 25.6 Å². The molecule has 2 aliphatic rings. The first-order chi connectivity index (χ1) is 14.5. The molecule has 0 spiro atoms. The Hall–Kier alpha value is -3.26. The first-order valence-corrected chi connectivity index (χ1v) is 9.77. The van der Waals surface area contributed by atoms with Gasteiger partial charge in [0.15, 0.2) is 0 Å². The summed E-state index contributed by atoms with van der Waals surface area (Å²) in [6, 6.07) is 10.4. The largest absolute Gasteiger partial charge is 0.375 e. The smallest absolute Gasteiger partial charge is 0.256 e. The van der Waals surface area contributed by atoms with Gasteiger partial charge >= 0.3 is 0 Å². The molecule has 30 heavy (non-hydrogen) atoms. The number of nitrogens with zero attached hydrogens (tertiary/aromatic N) is 1. The Bertz CT molecular complexity index is 1010. The number of rotatable bonds is 4. The van der Waals surface area contributed by atoms with Crippen LogP contribution >= 0.6 is 0 Å². The maximum absolute atomic E-state index is 14.2. The maximum Gasteiger partial charge on any atom is 0.256 e. The van der Waals surface area contributed by atoms with Crippen LogP contribution in [0.4, 0.5) is 10.1 Å². The number of anilines is 1. The minimum Gasteiger partial charge on any atom is -0.375 e. The summed E-state index contributed by atoms with van der Waals surface area (Å²) in [4.78, 5) is 39.4. The van der Waals surface area contributed by atoms with E-state index in [1.54, 1.807) is 36.4 Å². The van der Waals surface area contributed by atoms with Gasteiger partial charge in [-0.3, -0.25) is 14.4 Å². The van der Waals surface area contributed by atoms with E-state index in [4.69, 9.17) is 4.74 Å².